The molecule has 18 heavy (non-hydrogen) atoms. The van der Waals surface area contributed by atoms with Crippen LogP contribution < -0.4 is 0 Å². The second kappa shape index (κ2) is 3.82. The Hall–Kier alpha value is -0.850. The number of ketones is 1. The summed E-state index contributed by atoms with van der Waals surface area (Å²) in [5.74, 6) is 0.391. The van der Waals surface area contributed by atoms with Gasteiger partial charge in [0.2, 0.25) is 0 Å². The van der Waals surface area contributed by atoms with Crippen molar-refractivity contribution in [3.8, 4) is 0 Å². The van der Waals surface area contributed by atoms with Crippen LogP contribution in [0.1, 0.15) is 65.7 Å². The van der Waals surface area contributed by atoms with Gasteiger partial charge in [0, 0.05) is 11.8 Å². The molecule has 1 heteroatoms. The lowest BCUT2D eigenvalue weighted by molar-refractivity contribution is -0.116. The van der Waals surface area contributed by atoms with Gasteiger partial charge in [-0.25, -0.2) is 0 Å². The van der Waals surface area contributed by atoms with Gasteiger partial charge in [0.15, 0.2) is 5.78 Å². The van der Waals surface area contributed by atoms with Crippen LogP contribution in [0.4, 0.5) is 0 Å². The molecule has 0 bridgehead atoms. The van der Waals surface area contributed by atoms with Gasteiger partial charge < -0.3 is 0 Å². The van der Waals surface area contributed by atoms with Crippen LogP contribution in [0.2, 0.25) is 0 Å². The number of fused-ring (bicyclic) bond motifs is 3. The summed E-state index contributed by atoms with van der Waals surface area (Å²) >= 11 is 0. The maximum Gasteiger partial charge on any atom is 0.158 e. The average molecular weight is 244 g/mol. The summed E-state index contributed by atoms with van der Waals surface area (Å²) in [4.78, 5) is 12.0. The predicted molar refractivity (Wildman–Crippen MR) is 74.3 cm³/mol. The fourth-order valence-electron chi connectivity index (χ4n) is 4.72. The first-order chi connectivity index (χ1) is 8.47. The lowest BCUT2D eigenvalue weighted by atomic mass is 9.51. The Bertz CT molecular complexity index is 468. The first kappa shape index (κ1) is 12.2. The van der Waals surface area contributed by atoms with Crippen LogP contribution in [0.15, 0.2) is 22.8 Å². The van der Waals surface area contributed by atoms with Crippen LogP contribution in [-0.4, -0.2) is 5.78 Å². The van der Waals surface area contributed by atoms with Crippen LogP contribution in [0.3, 0.4) is 0 Å². The summed E-state index contributed by atoms with van der Waals surface area (Å²) in [5.41, 5.74) is 4.82. The van der Waals surface area contributed by atoms with Crippen molar-refractivity contribution >= 4 is 5.78 Å². The highest BCUT2D eigenvalue weighted by atomic mass is 16.1. The van der Waals surface area contributed by atoms with E-state index in [9.17, 15) is 4.79 Å². The van der Waals surface area contributed by atoms with Crippen molar-refractivity contribution in [2.24, 2.45) is 10.8 Å². The highest BCUT2D eigenvalue weighted by Crippen LogP contribution is 2.60. The van der Waals surface area contributed by atoms with Crippen molar-refractivity contribution in [1.82, 2.24) is 0 Å². The standard InChI is InChI=1S/C17H24O/c1-12-13-7-10-16(2)9-5-4-6-15(16)17(13,3)11-8-14(12)18/h6H,4-5,7-11H2,1-3H3/t16-,17+/m0/s1. The molecule has 0 aromatic carbocycles. The molecular formula is C17H24O. The molecule has 1 fully saturated rings. The lowest BCUT2D eigenvalue weighted by Crippen LogP contribution is -2.42. The van der Waals surface area contributed by atoms with E-state index < -0.39 is 0 Å². The zero-order valence-corrected chi connectivity index (χ0v) is 11.9. The molecule has 0 heterocycles. The Morgan fingerprint density at radius 2 is 1.89 bits per heavy atom. The van der Waals surface area contributed by atoms with Crippen molar-refractivity contribution in [2.45, 2.75) is 65.7 Å². The molecule has 0 saturated heterocycles. The predicted octanol–water partition coefficient (Wildman–Crippen LogP) is 4.58. The minimum Gasteiger partial charge on any atom is -0.295 e. The van der Waals surface area contributed by atoms with E-state index in [0.717, 1.165) is 24.8 Å². The third kappa shape index (κ3) is 1.49. The largest absolute Gasteiger partial charge is 0.295 e. The van der Waals surface area contributed by atoms with Crippen molar-refractivity contribution in [3.05, 3.63) is 22.8 Å². The summed E-state index contributed by atoms with van der Waals surface area (Å²) in [5, 5.41) is 0. The molecule has 98 valence electrons. The number of Topliss-reactive ketones (excluding diaryl/α,β-unsaturated/α-hetero) is 1. The van der Waals surface area contributed by atoms with Crippen LogP contribution in [-0.2, 0) is 4.79 Å². The van der Waals surface area contributed by atoms with Crippen molar-refractivity contribution in [3.63, 3.8) is 0 Å². The van der Waals surface area contributed by atoms with Gasteiger partial charge >= 0.3 is 0 Å². The molecule has 3 aliphatic carbocycles. The van der Waals surface area contributed by atoms with Gasteiger partial charge in [-0.15, -0.1) is 0 Å². The molecular weight excluding hydrogens is 220 g/mol. The highest BCUT2D eigenvalue weighted by molar-refractivity contribution is 5.97. The van der Waals surface area contributed by atoms with Gasteiger partial charge in [0.25, 0.3) is 0 Å². The lowest BCUT2D eigenvalue weighted by Gasteiger charge is -2.53. The summed E-state index contributed by atoms with van der Waals surface area (Å²) in [7, 11) is 0. The summed E-state index contributed by atoms with van der Waals surface area (Å²) in [6, 6.07) is 0. The zero-order chi connectivity index (χ0) is 13.0. The molecule has 3 aliphatic rings. The van der Waals surface area contributed by atoms with E-state index in [0.29, 0.717) is 11.2 Å². The van der Waals surface area contributed by atoms with Crippen LogP contribution in [0.25, 0.3) is 0 Å². The molecule has 1 nitrogen and oxygen atoms in total. The molecule has 0 radical (unpaired) electrons. The molecule has 1 saturated carbocycles. The van der Waals surface area contributed by atoms with Crippen molar-refractivity contribution in [2.75, 3.05) is 0 Å². The molecule has 0 unspecified atom stereocenters. The van der Waals surface area contributed by atoms with E-state index >= 15 is 0 Å². The third-order valence-electron chi connectivity index (χ3n) is 5.84. The normalized spacial score (nSPS) is 40.2. The van der Waals surface area contributed by atoms with Gasteiger partial charge in [-0.2, -0.15) is 0 Å². The third-order valence-corrected chi connectivity index (χ3v) is 5.84. The van der Waals surface area contributed by atoms with Crippen LogP contribution in [0.5, 0.6) is 0 Å². The smallest absolute Gasteiger partial charge is 0.158 e. The molecule has 0 N–H and O–H groups in total. The maximum absolute atomic E-state index is 12.0. The number of allylic oxidation sites excluding steroid dienone is 4. The first-order valence-corrected chi connectivity index (χ1v) is 7.42. The van der Waals surface area contributed by atoms with E-state index in [1.165, 1.54) is 31.3 Å². The Morgan fingerprint density at radius 1 is 1.11 bits per heavy atom. The van der Waals surface area contributed by atoms with E-state index in [4.69, 9.17) is 0 Å². The fourth-order valence-corrected chi connectivity index (χ4v) is 4.72. The number of hydrogen-bond donors (Lipinski definition) is 0. The molecule has 0 amide bonds. The molecule has 2 atom stereocenters. The van der Waals surface area contributed by atoms with Crippen LogP contribution in [0, 0.1) is 10.8 Å². The molecule has 0 aromatic rings. The summed E-state index contributed by atoms with van der Waals surface area (Å²) < 4.78 is 0. The zero-order valence-electron chi connectivity index (χ0n) is 11.9. The Morgan fingerprint density at radius 3 is 2.67 bits per heavy atom. The van der Waals surface area contributed by atoms with Crippen molar-refractivity contribution in [1.29, 1.82) is 0 Å². The Labute approximate surface area is 110 Å². The highest BCUT2D eigenvalue weighted by Gasteiger charge is 2.49. The average Bonchev–Trinajstić information content (AvgIpc) is 2.34. The first-order valence-electron chi connectivity index (χ1n) is 7.42. The van der Waals surface area contributed by atoms with Gasteiger partial charge in [0.1, 0.15) is 0 Å². The number of carbonyl (C=O) groups excluding carboxylic acids is 1. The van der Waals surface area contributed by atoms with Gasteiger partial charge in [0.05, 0.1) is 0 Å². The molecule has 0 aliphatic heterocycles. The second-order valence-electron chi connectivity index (χ2n) is 6.93. The monoisotopic (exact) mass is 244 g/mol. The molecule has 0 aromatic heterocycles. The van der Waals surface area contributed by atoms with Gasteiger partial charge in [-0.3, -0.25) is 4.79 Å². The number of hydrogen-bond acceptors (Lipinski definition) is 1. The van der Waals surface area contributed by atoms with E-state index in [1.807, 2.05) is 0 Å². The van der Waals surface area contributed by atoms with Crippen LogP contribution >= 0.6 is 0 Å². The van der Waals surface area contributed by atoms with Crippen molar-refractivity contribution < 1.29 is 4.79 Å². The minimum atomic E-state index is 0.200. The summed E-state index contributed by atoms with van der Waals surface area (Å²) in [6.07, 6.45) is 10.6. The minimum absolute atomic E-state index is 0.200. The SMILES string of the molecule is CC1=C2CC[C@]3(C)CCCC=C3[C@]2(C)CCC1=O. The van der Waals surface area contributed by atoms with E-state index in [2.05, 4.69) is 26.8 Å². The Balaban J connectivity index is 2.14. The molecule has 0 spiro atoms. The summed E-state index contributed by atoms with van der Waals surface area (Å²) in [6.45, 7) is 6.90. The number of carbonyl (C=O) groups is 1. The van der Waals surface area contributed by atoms with E-state index in [1.54, 1.807) is 5.57 Å². The second-order valence-corrected chi connectivity index (χ2v) is 6.93. The quantitative estimate of drug-likeness (QED) is 0.570. The maximum atomic E-state index is 12.0. The van der Waals surface area contributed by atoms with Gasteiger partial charge in [-0.05, 0) is 56.4 Å². The molecule has 3 rings (SSSR count). The Kier molecular flexibility index (Phi) is 2.59. The fraction of sp³-hybridized carbons (Fsp3) is 0.706. The topological polar surface area (TPSA) is 17.1 Å². The number of rotatable bonds is 0. The van der Waals surface area contributed by atoms with Gasteiger partial charge in [-0.1, -0.05) is 31.1 Å². The van der Waals surface area contributed by atoms with E-state index in [-0.39, 0.29) is 5.41 Å².